The normalized spacial score (nSPS) is 10.5. The number of hydrogen-bond acceptors (Lipinski definition) is 2. The lowest BCUT2D eigenvalue weighted by Crippen LogP contribution is -2.23. The predicted molar refractivity (Wildman–Crippen MR) is 105 cm³/mol. The van der Waals surface area contributed by atoms with Crippen molar-refractivity contribution in [2.75, 3.05) is 0 Å². The second-order valence-electron chi connectivity index (χ2n) is 5.32. The number of amides is 1. The van der Waals surface area contributed by atoms with Crippen LogP contribution in [0.4, 0.5) is 0 Å². The summed E-state index contributed by atoms with van der Waals surface area (Å²) in [6.07, 6.45) is 0. The predicted octanol–water partition coefficient (Wildman–Crippen LogP) is 6.07. The molecule has 0 spiro atoms. The van der Waals surface area contributed by atoms with Crippen LogP contribution in [0.3, 0.4) is 0 Å². The van der Waals surface area contributed by atoms with Crippen LogP contribution in [0, 0.1) is 0 Å². The molecule has 0 radical (unpaired) electrons. The second-order valence-corrected chi connectivity index (χ2v) is 7.28. The first kappa shape index (κ1) is 17.9. The third-order valence-corrected chi connectivity index (χ3v) is 5.30. The Kier molecular flexibility index (Phi) is 6.03. The Labute approximate surface area is 161 Å². The highest BCUT2D eigenvalue weighted by Gasteiger charge is 2.11. The fraction of sp³-hybridized carbons (Fsp3) is 0.0500. The SMILES string of the molecule is O=C(NCc1c(Cl)cccc1Sc1ccc(Cl)cc1)c1ccccc1. The maximum absolute atomic E-state index is 12.3. The maximum Gasteiger partial charge on any atom is 0.251 e. The Bertz CT molecular complexity index is 867. The van der Waals surface area contributed by atoms with E-state index in [1.54, 1.807) is 23.9 Å². The van der Waals surface area contributed by atoms with Crippen molar-refractivity contribution < 1.29 is 4.79 Å². The van der Waals surface area contributed by atoms with Crippen LogP contribution in [-0.4, -0.2) is 5.91 Å². The molecule has 0 fully saturated rings. The molecule has 0 aliphatic rings. The van der Waals surface area contributed by atoms with Gasteiger partial charge in [-0.3, -0.25) is 4.79 Å². The van der Waals surface area contributed by atoms with E-state index in [9.17, 15) is 4.79 Å². The van der Waals surface area contributed by atoms with Crippen molar-refractivity contribution in [2.45, 2.75) is 16.3 Å². The first-order valence-corrected chi connectivity index (χ1v) is 9.25. The minimum absolute atomic E-state index is 0.122. The van der Waals surface area contributed by atoms with Crippen LogP contribution in [-0.2, 0) is 6.54 Å². The van der Waals surface area contributed by atoms with Gasteiger partial charge >= 0.3 is 0 Å². The van der Waals surface area contributed by atoms with E-state index in [0.29, 0.717) is 22.2 Å². The molecule has 0 saturated carbocycles. The van der Waals surface area contributed by atoms with Gasteiger partial charge in [-0.25, -0.2) is 0 Å². The molecule has 3 aromatic rings. The number of hydrogen-bond donors (Lipinski definition) is 1. The van der Waals surface area contributed by atoms with Crippen molar-refractivity contribution in [2.24, 2.45) is 0 Å². The summed E-state index contributed by atoms with van der Waals surface area (Å²) in [4.78, 5) is 14.3. The van der Waals surface area contributed by atoms with E-state index in [1.807, 2.05) is 60.7 Å². The number of halogens is 2. The Balaban J connectivity index is 1.76. The lowest BCUT2D eigenvalue weighted by atomic mass is 10.2. The number of benzene rings is 3. The molecule has 2 nitrogen and oxygen atoms in total. The van der Waals surface area contributed by atoms with Gasteiger partial charge in [0.25, 0.3) is 5.91 Å². The van der Waals surface area contributed by atoms with Crippen molar-refractivity contribution in [3.05, 3.63) is 94.0 Å². The van der Waals surface area contributed by atoms with E-state index in [-0.39, 0.29) is 5.91 Å². The van der Waals surface area contributed by atoms with Gasteiger partial charge in [-0.15, -0.1) is 0 Å². The molecular weight excluding hydrogens is 373 g/mol. The molecule has 126 valence electrons. The van der Waals surface area contributed by atoms with E-state index in [1.165, 1.54) is 0 Å². The molecule has 0 aliphatic carbocycles. The highest BCUT2D eigenvalue weighted by Crippen LogP contribution is 2.34. The second kappa shape index (κ2) is 8.43. The topological polar surface area (TPSA) is 29.1 Å². The summed E-state index contributed by atoms with van der Waals surface area (Å²) in [5.41, 5.74) is 1.52. The van der Waals surface area contributed by atoms with Crippen molar-refractivity contribution in [1.82, 2.24) is 5.32 Å². The highest BCUT2D eigenvalue weighted by atomic mass is 35.5. The summed E-state index contributed by atoms with van der Waals surface area (Å²) in [6.45, 7) is 0.364. The summed E-state index contributed by atoms with van der Waals surface area (Å²) in [5.74, 6) is -0.122. The summed E-state index contributed by atoms with van der Waals surface area (Å²) in [5, 5.41) is 4.27. The van der Waals surface area contributed by atoms with Crippen molar-refractivity contribution in [3.63, 3.8) is 0 Å². The summed E-state index contributed by atoms with van der Waals surface area (Å²) in [7, 11) is 0. The molecule has 0 heterocycles. The number of rotatable bonds is 5. The molecule has 1 N–H and O–H groups in total. The van der Waals surface area contributed by atoms with E-state index in [0.717, 1.165) is 15.4 Å². The zero-order valence-corrected chi connectivity index (χ0v) is 15.5. The number of carbonyl (C=O) groups is 1. The van der Waals surface area contributed by atoms with Gasteiger partial charge in [-0.1, -0.05) is 59.2 Å². The number of carbonyl (C=O) groups excluding carboxylic acids is 1. The highest BCUT2D eigenvalue weighted by molar-refractivity contribution is 7.99. The van der Waals surface area contributed by atoms with Gasteiger partial charge in [0.1, 0.15) is 0 Å². The average Bonchev–Trinajstić information content (AvgIpc) is 2.63. The van der Waals surface area contributed by atoms with E-state index in [4.69, 9.17) is 23.2 Å². The van der Waals surface area contributed by atoms with E-state index in [2.05, 4.69) is 5.32 Å². The smallest absolute Gasteiger partial charge is 0.251 e. The molecule has 0 aliphatic heterocycles. The maximum atomic E-state index is 12.3. The Morgan fingerprint density at radius 1 is 0.880 bits per heavy atom. The fourth-order valence-corrected chi connectivity index (χ4v) is 3.70. The molecule has 1 amide bonds. The lowest BCUT2D eigenvalue weighted by Gasteiger charge is -2.12. The van der Waals surface area contributed by atoms with Crippen LogP contribution in [0.15, 0.2) is 82.6 Å². The van der Waals surface area contributed by atoms with Crippen LogP contribution in [0.25, 0.3) is 0 Å². The zero-order valence-electron chi connectivity index (χ0n) is 13.2. The van der Waals surface area contributed by atoms with Gasteiger partial charge in [0, 0.05) is 37.5 Å². The molecule has 0 bridgehead atoms. The summed E-state index contributed by atoms with van der Waals surface area (Å²) in [6, 6.07) is 22.5. The van der Waals surface area contributed by atoms with Gasteiger partial charge in [0.2, 0.25) is 0 Å². The van der Waals surface area contributed by atoms with Crippen LogP contribution < -0.4 is 5.32 Å². The molecule has 0 aromatic heterocycles. The van der Waals surface area contributed by atoms with Crippen molar-refractivity contribution >= 4 is 40.9 Å². The Morgan fingerprint density at radius 3 is 2.32 bits per heavy atom. The van der Waals surface area contributed by atoms with E-state index < -0.39 is 0 Å². The van der Waals surface area contributed by atoms with Crippen molar-refractivity contribution in [3.8, 4) is 0 Å². The minimum atomic E-state index is -0.122. The van der Waals surface area contributed by atoms with Crippen LogP contribution in [0.1, 0.15) is 15.9 Å². The lowest BCUT2D eigenvalue weighted by molar-refractivity contribution is 0.0950. The monoisotopic (exact) mass is 387 g/mol. The molecule has 0 unspecified atom stereocenters. The average molecular weight is 388 g/mol. The van der Waals surface area contributed by atoms with Crippen LogP contribution >= 0.6 is 35.0 Å². The molecule has 3 rings (SSSR count). The molecule has 3 aromatic carbocycles. The molecular formula is C20H15Cl2NOS. The summed E-state index contributed by atoms with van der Waals surface area (Å²) < 4.78 is 0. The Hall–Kier alpha value is -1.94. The van der Waals surface area contributed by atoms with Crippen molar-refractivity contribution in [1.29, 1.82) is 0 Å². The quantitative estimate of drug-likeness (QED) is 0.574. The fourth-order valence-electron chi connectivity index (χ4n) is 2.30. The van der Waals surface area contributed by atoms with Gasteiger partial charge in [0.15, 0.2) is 0 Å². The van der Waals surface area contributed by atoms with Crippen LogP contribution in [0.2, 0.25) is 10.0 Å². The third-order valence-electron chi connectivity index (χ3n) is 3.58. The number of nitrogens with one attached hydrogen (secondary N) is 1. The first-order valence-electron chi connectivity index (χ1n) is 7.67. The minimum Gasteiger partial charge on any atom is -0.348 e. The Morgan fingerprint density at radius 2 is 1.60 bits per heavy atom. The van der Waals surface area contributed by atoms with Gasteiger partial charge < -0.3 is 5.32 Å². The molecule has 25 heavy (non-hydrogen) atoms. The summed E-state index contributed by atoms with van der Waals surface area (Å²) >= 11 is 13.9. The van der Waals surface area contributed by atoms with Crippen LogP contribution in [0.5, 0.6) is 0 Å². The third kappa shape index (κ3) is 4.79. The van der Waals surface area contributed by atoms with Gasteiger partial charge in [0.05, 0.1) is 0 Å². The largest absolute Gasteiger partial charge is 0.348 e. The molecule has 0 saturated heterocycles. The zero-order chi connectivity index (χ0) is 17.6. The first-order chi connectivity index (χ1) is 12.1. The van der Waals surface area contributed by atoms with Gasteiger partial charge in [-0.05, 0) is 48.5 Å². The standard InChI is InChI=1S/C20H15Cl2NOS/c21-15-9-11-16(12-10-15)25-19-8-4-7-18(22)17(19)13-23-20(24)14-5-2-1-3-6-14/h1-12H,13H2,(H,23,24). The van der Waals surface area contributed by atoms with E-state index >= 15 is 0 Å². The van der Waals surface area contributed by atoms with Gasteiger partial charge in [-0.2, -0.15) is 0 Å². The molecule has 5 heteroatoms. The molecule has 0 atom stereocenters.